The molecule has 0 spiro atoms. The Labute approximate surface area is 227 Å². The van der Waals surface area contributed by atoms with E-state index >= 15 is 0 Å². The Hall–Kier alpha value is -2.82. The molecule has 0 saturated carbocycles. The van der Waals surface area contributed by atoms with Crippen LogP contribution in [0, 0.1) is 11.6 Å². The fraction of sp³-hybridized carbons (Fsp3) is 0.381. The highest BCUT2D eigenvalue weighted by molar-refractivity contribution is 6.47. The third kappa shape index (κ3) is 3.87. The van der Waals surface area contributed by atoms with Crippen molar-refractivity contribution in [3.8, 4) is 0 Å². The predicted molar refractivity (Wildman–Crippen MR) is 143 cm³/mol. The lowest BCUT2D eigenvalue weighted by Crippen LogP contribution is -2.61. The van der Waals surface area contributed by atoms with E-state index in [0.29, 0.717) is 0 Å². The van der Waals surface area contributed by atoms with Gasteiger partial charge < -0.3 is 20.2 Å². The lowest BCUT2D eigenvalue weighted by molar-refractivity contribution is 0.141. The van der Waals surface area contributed by atoms with E-state index in [1.807, 2.05) is 0 Å². The van der Waals surface area contributed by atoms with Crippen LogP contribution < -0.4 is 10.2 Å². The minimum atomic E-state index is -2.05. The normalized spacial score (nSPS) is 25.6. The number of nitrogens with one attached hydrogen (secondary N) is 1. The summed E-state index contributed by atoms with van der Waals surface area (Å²) in [4.78, 5) is 19.8. The molecule has 38 heavy (non-hydrogen) atoms. The van der Waals surface area contributed by atoms with Crippen molar-refractivity contribution in [2.75, 3.05) is 16.8 Å². The van der Waals surface area contributed by atoms with Gasteiger partial charge in [0.2, 0.25) is 0 Å². The van der Waals surface area contributed by atoms with Crippen molar-refractivity contribution in [3.63, 3.8) is 0 Å². The van der Waals surface area contributed by atoms with Gasteiger partial charge in [-0.25, -0.2) is 23.1 Å². The maximum absolute atomic E-state index is 14.9. The fourth-order valence-corrected chi connectivity index (χ4v) is 5.10. The highest BCUT2D eigenvalue weighted by atomic mass is 19.1. The number of halogens is 2. The lowest BCUT2D eigenvalue weighted by Gasteiger charge is -2.47. The molecule has 0 aliphatic carbocycles. The zero-order valence-electron chi connectivity index (χ0n) is 20.1. The first kappa shape index (κ1) is 26.8. The predicted octanol–water partition coefficient (Wildman–Crippen LogP) is -0.728. The first-order valence-corrected chi connectivity index (χ1v) is 11.5. The van der Waals surface area contributed by atoms with Crippen LogP contribution in [-0.2, 0) is 5.44 Å². The van der Waals surface area contributed by atoms with Gasteiger partial charge in [-0.05, 0) is 47.8 Å². The molecule has 2 aliphatic rings. The Morgan fingerprint density at radius 3 is 2.47 bits per heavy atom. The summed E-state index contributed by atoms with van der Waals surface area (Å²) in [7, 11) is 43.0. The number of likely N-dealkylation sites (tertiary alicyclic amines) is 1. The van der Waals surface area contributed by atoms with E-state index < -0.39 is 45.1 Å². The van der Waals surface area contributed by atoms with Crippen LogP contribution in [0.15, 0.2) is 36.7 Å². The molecule has 0 bridgehead atoms. The second-order valence-electron chi connectivity index (χ2n) is 9.81. The van der Waals surface area contributed by atoms with Gasteiger partial charge in [-0.2, -0.15) is 5.10 Å². The minimum absolute atomic E-state index is 0.0929. The van der Waals surface area contributed by atoms with Gasteiger partial charge in [-0.15, -0.1) is 0 Å². The van der Waals surface area contributed by atoms with Crippen LogP contribution in [0.1, 0.15) is 18.4 Å². The molecule has 1 unspecified atom stereocenters. The maximum atomic E-state index is 14.9. The number of urea groups is 1. The van der Waals surface area contributed by atoms with Crippen LogP contribution in [-0.4, -0.2) is 109 Å². The van der Waals surface area contributed by atoms with Crippen molar-refractivity contribution in [2.24, 2.45) is 0 Å². The number of fused-ring (bicyclic) bond motifs is 1. The van der Waals surface area contributed by atoms with Crippen molar-refractivity contribution in [1.82, 2.24) is 19.5 Å². The molecule has 2 aromatic heterocycles. The number of hydrogen-bond acceptors (Lipinski definition) is 5. The van der Waals surface area contributed by atoms with Gasteiger partial charge in [0, 0.05) is 23.7 Å². The third-order valence-electron chi connectivity index (χ3n) is 7.16. The molecule has 4 heterocycles. The van der Waals surface area contributed by atoms with Crippen LogP contribution in [0.2, 0.25) is 5.21 Å². The van der Waals surface area contributed by atoms with Crippen LogP contribution in [0.5, 0.6) is 0 Å². The third-order valence-corrected chi connectivity index (χ3v) is 7.16. The largest absolute Gasteiger partial charge is 0.392 e. The Kier molecular flexibility index (Phi) is 6.06. The van der Waals surface area contributed by atoms with Crippen LogP contribution in [0.4, 0.5) is 25.1 Å². The van der Waals surface area contributed by atoms with Gasteiger partial charge in [-0.3, -0.25) is 0 Å². The van der Waals surface area contributed by atoms with Crippen molar-refractivity contribution in [3.05, 3.63) is 53.9 Å². The van der Waals surface area contributed by atoms with Gasteiger partial charge >= 0.3 is 6.03 Å². The molecule has 8 nitrogen and oxygen atoms in total. The topological polar surface area (TPSA) is 86.0 Å². The molecule has 2 amide bonds. The molecule has 2 N–H and O–H groups in total. The molecule has 14 radical (unpaired) electrons. The molecule has 5 rings (SSSR count). The second kappa shape index (κ2) is 8.59. The van der Waals surface area contributed by atoms with Crippen LogP contribution >= 0.6 is 0 Å². The number of aliphatic hydroxyl groups excluding tert-OH is 1. The quantitative estimate of drug-likeness (QED) is 0.467. The zero-order valence-corrected chi connectivity index (χ0v) is 20.1. The van der Waals surface area contributed by atoms with E-state index in [0.717, 1.165) is 23.1 Å². The van der Waals surface area contributed by atoms with Crippen molar-refractivity contribution in [1.29, 1.82) is 0 Å². The van der Waals surface area contributed by atoms with E-state index in [4.69, 9.17) is 54.9 Å². The number of amides is 2. The summed E-state index contributed by atoms with van der Waals surface area (Å²) in [5, 5.41) is 11.3. The number of hydrogen-bond donors (Lipinski definition) is 2. The smallest absolute Gasteiger partial charge is 0.320 e. The summed E-state index contributed by atoms with van der Waals surface area (Å²) in [5.74, 6) is -1.34. The summed E-state index contributed by atoms with van der Waals surface area (Å²) in [6, 6.07) is 3.44. The lowest BCUT2D eigenvalue weighted by atomic mass is 9.38. The van der Waals surface area contributed by atoms with Gasteiger partial charge in [0.25, 0.3) is 0 Å². The molecule has 2 aliphatic heterocycles. The van der Waals surface area contributed by atoms with E-state index in [-0.39, 0.29) is 42.1 Å². The fourth-order valence-electron chi connectivity index (χ4n) is 5.10. The number of aromatic nitrogens is 3. The van der Waals surface area contributed by atoms with Crippen molar-refractivity contribution >= 4 is 78.1 Å². The summed E-state index contributed by atoms with van der Waals surface area (Å²) >= 11 is 0. The summed E-state index contributed by atoms with van der Waals surface area (Å²) in [5.41, 5.74) is -1.92. The molecule has 17 heteroatoms. The molecule has 2 fully saturated rings. The number of nitrogens with zero attached hydrogens (tertiary/aromatic N) is 5. The number of anilines is 2. The van der Waals surface area contributed by atoms with Gasteiger partial charge in [-0.1, -0.05) is 5.21 Å². The van der Waals surface area contributed by atoms with E-state index in [1.165, 1.54) is 27.9 Å². The number of benzene rings is 1. The molecule has 1 aromatic carbocycles. The highest BCUT2D eigenvalue weighted by Crippen LogP contribution is 2.53. The molecule has 176 valence electrons. The summed E-state index contributed by atoms with van der Waals surface area (Å²) in [6.45, 7) is 0.149. The second-order valence-corrected chi connectivity index (χ2v) is 9.81. The highest BCUT2D eigenvalue weighted by Gasteiger charge is 2.53. The molecule has 2 atom stereocenters. The van der Waals surface area contributed by atoms with E-state index in [2.05, 4.69) is 15.4 Å². The molecule has 3 aromatic rings. The Bertz CT molecular complexity index is 1440. The molecule has 2 saturated heterocycles. The van der Waals surface area contributed by atoms with Crippen LogP contribution in [0.25, 0.3) is 5.65 Å². The average molecular weight is 497 g/mol. The average Bonchev–Trinajstić information content (AvgIpc) is 3.37. The Morgan fingerprint density at radius 2 is 1.82 bits per heavy atom. The Morgan fingerprint density at radius 1 is 1.11 bits per heavy atom. The maximum Gasteiger partial charge on any atom is 0.320 e. The van der Waals surface area contributed by atoms with E-state index in [1.54, 1.807) is 0 Å². The number of rotatable bonds is 3. The molecular weight excluding hydrogens is 482 g/mol. The zero-order chi connectivity index (χ0) is 27.8. The Balaban J connectivity index is 1.53. The van der Waals surface area contributed by atoms with E-state index in [9.17, 15) is 18.7 Å². The van der Waals surface area contributed by atoms with Crippen molar-refractivity contribution in [2.45, 2.75) is 40.3 Å². The first-order chi connectivity index (χ1) is 17.6. The van der Waals surface area contributed by atoms with Gasteiger partial charge in [0.1, 0.15) is 31.0 Å². The monoisotopic (exact) mass is 498 g/mol. The standard InChI is InChI=1S/C21H15B7F2N6O2/c22-18(23)4-6-34(20(18,26)11-7-10(29)1-2-12(11)30)15-3-5-35-16(33-15)13(9-31-35)32-17(38)36-19(24,25)8-14(37)21(36,27)28/h1-3,5,7,9,14,37H,4,6,8H2,(H,32,38)/t14-,20?/m0/s1. The number of carbonyl (C=O) groups is 1. The SMILES string of the molecule is [B]C1([B])C[C@H](O)C([B])([B])N1C(=O)Nc1cnn2ccc(N3CCC([B])([B])C3([B])c3cc(F)ccc3F)nc12. The van der Waals surface area contributed by atoms with Gasteiger partial charge in [0.05, 0.1) is 59.4 Å². The minimum Gasteiger partial charge on any atom is -0.392 e. The van der Waals surface area contributed by atoms with Crippen molar-refractivity contribution < 1.29 is 18.7 Å². The number of aliphatic hydroxyl groups is 1. The first-order valence-electron chi connectivity index (χ1n) is 11.5. The van der Waals surface area contributed by atoms with Gasteiger partial charge in [0.15, 0.2) is 5.65 Å². The summed E-state index contributed by atoms with van der Waals surface area (Å²) < 4.78 is 30.3. The summed E-state index contributed by atoms with van der Waals surface area (Å²) in [6.07, 6.45) is 1.27. The van der Waals surface area contributed by atoms with Crippen LogP contribution in [0.3, 0.4) is 0 Å². The molecular formula is C21H15B7F2N6O2. The number of carbonyl (C=O) groups excluding carboxylic acids is 1.